The number of ether oxygens (including phenoxy) is 1. The molecule has 1 atom stereocenters. The summed E-state index contributed by atoms with van der Waals surface area (Å²) in [7, 11) is 0. The molecule has 25 heavy (non-hydrogen) atoms. The number of aromatic amines is 1. The first-order valence-electron chi connectivity index (χ1n) is 8.92. The number of hydrogen-bond acceptors (Lipinski definition) is 3. The lowest BCUT2D eigenvalue weighted by atomic mass is 10.1. The van der Waals surface area contributed by atoms with Crippen molar-refractivity contribution in [3.05, 3.63) is 35.5 Å². The molecule has 0 aliphatic carbocycles. The average Bonchev–Trinajstić information content (AvgIpc) is 3.27. The highest BCUT2D eigenvalue weighted by Crippen LogP contribution is 2.24. The molecule has 3 heterocycles. The Labute approximate surface area is 146 Å². The fourth-order valence-electron chi connectivity index (χ4n) is 3.82. The number of benzene rings is 1. The Morgan fingerprint density at radius 3 is 2.56 bits per heavy atom. The van der Waals surface area contributed by atoms with Crippen molar-refractivity contribution in [2.75, 3.05) is 32.8 Å². The second-order valence-corrected chi connectivity index (χ2v) is 6.79. The molecule has 0 saturated carbocycles. The van der Waals surface area contributed by atoms with Crippen LogP contribution in [0, 0.1) is 6.92 Å². The van der Waals surface area contributed by atoms with Crippen LogP contribution < -0.4 is 0 Å². The van der Waals surface area contributed by atoms with Crippen LogP contribution in [0.25, 0.3) is 10.9 Å². The van der Waals surface area contributed by atoms with Gasteiger partial charge in [0.05, 0.1) is 5.56 Å². The van der Waals surface area contributed by atoms with Crippen LogP contribution in [0.1, 0.15) is 28.9 Å². The molecule has 2 amide bonds. The number of rotatable bonds is 2. The summed E-state index contributed by atoms with van der Waals surface area (Å²) >= 11 is 0. The van der Waals surface area contributed by atoms with E-state index in [1.165, 1.54) is 0 Å². The lowest BCUT2D eigenvalue weighted by Gasteiger charge is -2.35. The lowest BCUT2D eigenvalue weighted by molar-refractivity contribution is -0.142. The minimum absolute atomic E-state index is 0.0409. The number of hydrogen-bond donors (Lipinski definition) is 1. The maximum absolute atomic E-state index is 13.0. The predicted octanol–water partition coefficient (Wildman–Crippen LogP) is 1.94. The zero-order chi connectivity index (χ0) is 17.4. The molecule has 1 unspecified atom stereocenters. The molecule has 1 aromatic heterocycles. The smallest absolute Gasteiger partial charge is 0.256 e. The number of carbonyl (C=O) groups is 2. The number of piperazine rings is 1. The Hall–Kier alpha value is -2.34. The van der Waals surface area contributed by atoms with E-state index in [1.54, 1.807) is 0 Å². The number of amides is 2. The number of aromatic nitrogens is 1. The van der Waals surface area contributed by atoms with Gasteiger partial charge in [-0.15, -0.1) is 0 Å². The molecule has 0 radical (unpaired) electrons. The van der Waals surface area contributed by atoms with E-state index in [-0.39, 0.29) is 17.9 Å². The summed E-state index contributed by atoms with van der Waals surface area (Å²) in [5.74, 6) is 0.118. The SMILES string of the molecule is Cc1[nH]c2ccccc2c1C(=O)N1CCN(C(=O)C2CCCO2)CC1. The molecule has 1 aromatic carbocycles. The highest BCUT2D eigenvalue weighted by Gasteiger charge is 2.32. The van der Waals surface area contributed by atoms with Crippen LogP contribution in [0.4, 0.5) is 0 Å². The summed E-state index contributed by atoms with van der Waals surface area (Å²) in [6, 6.07) is 7.87. The zero-order valence-corrected chi connectivity index (χ0v) is 14.5. The van der Waals surface area contributed by atoms with Gasteiger partial charge in [-0.05, 0) is 25.8 Å². The van der Waals surface area contributed by atoms with Crippen LogP contribution in [0.3, 0.4) is 0 Å². The molecule has 4 rings (SSSR count). The van der Waals surface area contributed by atoms with Gasteiger partial charge in [0.2, 0.25) is 0 Å². The van der Waals surface area contributed by atoms with Gasteiger partial charge in [0.25, 0.3) is 11.8 Å². The minimum atomic E-state index is -0.280. The van der Waals surface area contributed by atoms with Gasteiger partial charge in [0.15, 0.2) is 0 Å². The maximum atomic E-state index is 13.0. The molecule has 2 aliphatic heterocycles. The highest BCUT2D eigenvalue weighted by molar-refractivity contribution is 6.08. The normalized spacial score (nSPS) is 21.1. The van der Waals surface area contributed by atoms with E-state index in [0.29, 0.717) is 32.8 Å². The Morgan fingerprint density at radius 1 is 1.12 bits per heavy atom. The van der Waals surface area contributed by atoms with Gasteiger partial charge in [0, 0.05) is 49.4 Å². The summed E-state index contributed by atoms with van der Waals surface area (Å²) in [4.78, 5) is 32.4. The molecule has 2 aromatic rings. The standard InChI is InChI=1S/C19H23N3O3/c1-13-17(14-5-2-3-6-15(14)20-13)19(24)22-10-8-21(9-11-22)18(23)16-7-4-12-25-16/h2-3,5-6,16,20H,4,7-12H2,1H3. The van der Waals surface area contributed by atoms with Crippen LogP contribution in [-0.4, -0.2) is 65.5 Å². The third-order valence-electron chi connectivity index (χ3n) is 5.19. The van der Waals surface area contributed by atoms with E-state index < -0.39 is 0 Å². The predicted molar refractivity (Wildman–Crippen MR) is 94.5 cm³/mol. The third-order valence-corrected chi connectivity index (χ3v) is 5.19. The molecule has 2 aliphatic rings. The highest BCUT2D eigenvalue weighted by atomic mass is 16.5. The molecular weight excluding hydrogens is 318 g/mol. The molecular formula is C19H23N3O3. The first kappa shape index (κ1) is 16.1. The summed E-state index contributed by atoms with van der Waals surface area (Å²) in [5, 5.41) is 0.961. The number of nitrogens with zero attached hydrogens (tertiary/aromatic N) is 2. The quantitative estimate of drug-likeness (QED) is 0.908. The van der Waals surface area contributed by atoms with E-state index in [9.17, 15) is 9.59 Å². The van der Waals surface area contributed by atoms with Gasteiger partial charge >= 0.3 is 0 Å². The fraction of sp³-hybridized carbons (Fsp3) is 0.474. The van der Waals surface area contributed by atoms with Crippen LogP contribution in [0.2, 0.25) is 0 Å². The number of carbonyl (C=O) groups excluding carboxylic acids is 2. The van der Waals surface area contributed by atoms with Crippen molar-refractivity contribution in [2.24, 2.45) is 0 Å². The minimum Gasteiger partial charge on any atom is -0.368 e. The van der Waals surface area contributed by atoms with Gasteiger partial charge < -0.3 is 19.5 Å². The number of para-hydroxylation sites is 1. The van der Waals surface area contributed by atoms with E-state index >= 15 is 0 Å². The second kappa shape index (κ2) is 6.52. The third kappa shape index (κ3) is 2.91. The van der Waals surface area contributed by atoms with Crippen molar-refractivity contribution in [1.82, 2.24) is 14.8 Å². The molecule has 132 valence electrons. The van der Waals surface area contributed by atoms with Crippen molar-refractivity contribution in [1.29, 1.82) is 0 Å². The van der Waals surface area contributed by atoms with Crippen LogP contribution in [0.5, 0.6) is 0 Å². The van der Waals surface area contributed by atoms with Gasteiger partial charge in [0.1, 0.15) is 6.10 Å². The molecule has 2 fully saturated rings. The molecule has 2 saturated heterocycles. The van der Waals surface area contributed by atoms with Crippen molar-refractivity contribution in [3.63, 3.8) is 0 Å². The van der Waals surface area contributed by atoms with E-state index in [2.05, 4.69) is 4.98 Å². The van der Waals surface area contributed by atoms with Gasteiger partial charge in [-0.2, -0.15) is 0 Å². The van der Waals surface area contributed by atoms with Crippen LogP contribution >= 0.6 is 0 Å². The van der Waals surface area contributed by atoms with Crippen molar-refractivity contribution in [2.45, 2.75) is 25.9 Å². The first-order valence-corrected chi connectivity index (χ1v) is 8.92. The van der Waals surface area contributed by atoms with Gasteiger partial charge in [-0.3, -0.25) is 9.59 Å². The number of nitrogens with one attached hydrogen (secondary N) is 1. The monoisotopic (exact) mass is 341 g/mol. The van der Waals surface area contributed by atoms with Crippen LogP contribution in [0.15, 0.2) is 24.3 Å². The summed E-state index contributed by atoms with van der Waals surface area (Å²) in [6.07, 6.45) is 1.49. The number of H-pyrrole nitrogens is 1. The Bertz CT molecular complexity index is 799. The maximum Gasteiger partial charge on any atom is 0.256 e. The van der Waals surface area contributed by atoms with Crippen molar-refractivity contribution in [3.8, 4) is 0 Å². The summed E-state index contributed by atoms with van der Waals surface area (Å²) in [6.45, 7) is 4.89. The van der Waals surface area contributed by atoms with E-state index in [4.69, 9.17) is 4.74 Å². The average molecular weight is 341 g/mol. The Balaban J connectivity index is 1.46. The molecule has 1 N–H and O–H groups in total. The molecule has 0 spiro atoms. The van der Waals surface area contributed by atoms with Gasteiger partial charge in [-0.25, -0.2) is 0 Å². The lowest BCUT2D eigenvalue weighted by Crippen LogP contribution is -2.52. The van der Waals surface area contributed by atoms with Crippen molar-refractivity contribution < 1.29 is 14.3 Å². The first-order chi connectivity index (χ1) is 12.1. The topological polar surface area (TPSA) is 65.6 Å². The largest absolute Gasteiger partial charge is 0.368 e. The second-order valence-electron chi connectivity index (χ2n) is 6.79. The number of fused-ring (bicyclic) bond motifs is 1. The summed E-state index contributed by atoms with van der Waals surface area (Å²) in [5.41, 5.74) is 2.62. The van der Waals surface area contributed by atoms with E-state index in [0.717, 1.165) is 35.0 Å². The molecule has 6 nitrogen and oxygen atoms in total. The van der Waals surface area contributed by atoms with E-state index in [1.807, 2.05) is 41.0 Å². The molecule has 0 bridgehead atoms. The zero-order valence-electron chi connectivity index (χ0n) is 14.5. The van der Waals surface area contributed by atoms with Crippen molar-refractivity contribution >= 4 is 22.7 Å². The number of aryl methyl sites for hydroxylation is 1. The van der Waals surface area contributed by atoms with Crippen LogP contribution in [-0.2, 0) is 9.53 Å². The molecule has 6 heteroatoms. The Morgan fingerprint density at radius 2 is 1.84 bits per heavy atom. The fourth-order valence-corrected chi connectivity index (χ4v) is 3.82. The van der Waals surface area contributed by atoms with Gasteiger partial charge in [-0.1, -0.05) is 18.2 Å². The summed E-state index contributed by atoms with van der Waals surface area (Å²) < 4.78 is 5.49. The Kier molecular flexibility index (Phi) is 4.21.